The van der Waals surface area contributed by atoms with Crippen molar-refractivity contribution in [3.63, 3.8) is 0 Å². The van der Waals surface area contributed by atoms with E-state index in [1.165, 1.54) is 18.2 Å². The van der Waals surface area contributed by atoms with E-state index in [-0.39, 0.29) is 10.7 Å². The highest BCUT2D eigenvalue weighted by molar-refractivity contribution is 6.35. The van der Waals surface area contributed by atoms with Gasteiger partial charge in [-0.25, -0.2) is 9.36 Å². The topological polar surface area (TPSA) is 75.1 Å². The van der Waals surface area contributed by atoms with Crippen LogP contribution in [0.25, 0.3) is 5.69 Å². The fourth-order valence-electron chi connectivity index (χ4n) is 1.38. The molecular formula is C10H6Cl2N2O3. The van der Waals surface area contributed by atoms with Crippen LogP contribution in [0.3, 0.4) is 0 Å². The average molecular weight is 273 g/mol. The van der Waals surface area contributed by atoms with Gasteiger partial charge >= 0.3 is 5.69 Å². The quantitative estimate of drug-likeness (QED) is 0.827. The Labute approximate surface area is 105 Å². The van der Waals surface area contributed by atoms with Crippen LogP contribution in [0.2, 0.25) is 10.0 Å². The Kier molecular flexibility index (Phi) is 2.95. The summed E-state index contributed by atoms with van der Waals surface area (Å²) in [6, 6.07) is 5.28. The first kappa shape index (κ1) is 11.8. The second kappa shape index (κ2) is 4.27. The van der Waals surface area contributed by atoms with Gasteiger partial charge < -0.3 is 5.11 Å². The Morgan fingerprint density at radius 3 is 2.47 bits per heavy atom. The Morgan fingerprint density at radius 1 is 1.18 bits per heavy atom. The Morgan fingerprint density at radius 2 is 1.88 bits per heavy atom. The van der Waals surface area contributed by atoms with E-state index < -0.39 is 17.1 Å². The highest BCUT2D eigenvalue weighted by atomic mass is 35.5. The Bertz CT molecular complexity index is 691. The maximum absolute atomic E-state index is 11.6. The first-order chi connectivity index (χ1) is 7.99. The molecule has 0 spiro atoms. The van der Waals surface area contributed by atoms with Crippen LogP contribution in [0.5, 0.6) is 5.88 Å². The molecule has 0 atom stereocenters. The second-order valence-corrected chi connectivity index (χ2v) is 4.07. The van der Waals surface area contributed by atoms with E-state index in [1.54, 1.807) is 0 Å². The minimum absolute atomic E-state index is 0.182. The van der Waals surface area contributed by atoms with E-state index in [0.29, 0.717) is 5.02 Å². The van der Waals surface area contributed by atoms with Crippen molar-refractivity contribution < 1.29 is 5.11 Å². The largest absolute Gasteiger partial charge is 0.494 e. The van der Waals surface area contributed by atoms with Gasteiger partial charge in [0.15, 0.2) is 0 Å². The van der Waals surface area contributed by atoms with E-state index in [9.17, 15) is 14.7 Å². The molecule has 1 heterocycles. The molecule has 0 saturated carbocycles. The number of halogens is 2. The molecule has 2 rings (SSSR count). The fourth-order valence-corrected chi connectivity index (χ4v) is 1.87. The minimum Gasteiger partial charge on any atom is -0.494 e. The Hall–Kier alpha value is -1.72. The first-order valence-corrected chi connectivity index (χ1v) is 5.25. The average Bonchev–Trinajstić information content (AvgIpc) is 2.19. The van der Waals surface area contributed by atoms with Crippen LogP contribution in [-0.2, 0) is 0 Å². The van der Waals surface area contributed by atoms with Gasteiger partial charge in [-0.05, 0) is 18.2 Å². The zero-order valence-electron chi connectivity index (χ0n) is 8.28. The van der Waals surface area contributed by atoms with Gasteiger partial charge in [0, 0.05) is 5.02 Å². The van der Waals surface area contributed by atoms with Gasteiger partial charge in [0.05, 0.1) is 16.8 Å². The molecule has 0 bridgehead atoms. The molecule has 0 aliphatic rings. The minimum atomic E-state index is -0.778. The van der Waals surface area contributed by atoms with Crippen LogP contribution in [0.1, 0.15) is 0 Å². The summed E-state index contributed by atoms with van der Waals surface area (Å²) in [5.41, 5.74) is -1.23. The lowest BCUT2D eigenvalue weighted by molar-refractivity contribution is 0.431. The van der Waals surface area contributed by atoms with Crippen LogP contribution in [0, 0.1) is 0 Å². The van der Waals surface area contributed by atoms with Gasteiger partial charge in [0.25, 0.3) is 5.56 Å². The van der Waals surface area contributed by atoms with E-state index in [4.69, 9.17) is 23.2 Å². The van der Waals surface area contributed by atoms with Crippen LogP contribution in [-0.4, -0.2) is 14.7 Å². The summed E-state index contributed by atoms with van der Waals surface area (Å²) in [5, 5.41) is 10.2. The van der Waals surface area contributed by atoms with Gasteiger partial charge in [-0.3, -0.25) is 9.78 Å². The summed E-state index contributed by atoms with van der Waals surface area (Å²) in [6.45, 7) is 0. The molecular weight excluding hydrogens is 267 g/mol. The van der Waals surface area contributed by atoms with Crippen molar-refractivity contribution in [1.29, 1.82) is 0 Å². The molecule has 2 aromatic rings. The molecule has 0 radical (unpaired) electrons. The second-order valence-electron chi connectivity index (χ2n) is 3.23. The number of aromatic hydroxyl groups is 1. The number of hydrogen-bond acceptors (Lipinski definition) is 3. The van der Waals surface area contributed by atoms with Crippen molar-refractivity contribution >= 4 is 23.2 Å². The molecule has 7 heteroatoms. The van der Waals surface area contributed by atoms with Gasteiger partial charge in [0.1, 0.15) is 0 Å². The molecule has 0 aliphatic carbocycles. The summed E-state index contributed by atoms with van der Waals surface area (Å²) >= 11 is 11.6. The van der Waals surface area contributed by atoms with Gasteiger partial charge in [0.2, 0.25) is 5.88 Å². The molecule has 17 heavy (non-hydrogen) atoms. The first-order valence-electron chi connectivity index (χ1n) is 4.50. The number of benzene rings is 1. The predicted molar refractivity (Wildman–Crippen MR) is 64.3 cm³/mol. The number of aromatic amines is 1. The van der Waals surface area contributed by atoms with E-state index in [0.717, 1.165) is 10.6 Å². The summed E-state index contributed by atoms with van der Waals surface area (Å²) in [4.78, 5) is 24.5. The molecule has 0 saturated heterocycles. The lowest BCUT2D eigenvalue weighted by Gasteiger charge is -2.09. The van der Waals surface area contributed by atoms with Gasteiger partial charge in [-0.1, -0.05) is 23.2 Å². The van der Waals surface area contributed by atoms with Crippen molar-refractivity contribution in [2.75, 3.05) is 0 Å². The number of nitrogens with one attached hydrogen (secondary N) is 1. The van der Waals surface area contributed by atoms with Crippen LogP contribution < -0.4 is 11.2 Å². The van der Waals surface area contributed by atoms with Crippen molar-refractivity contribution in [1.82, 2.24) is 9.55 Å². The van der Waals surface area contributed by atoms with Crippen LogP contribution >= 0.6 is 23.2 Å². The van der Waals surface area contributed by atoms with Crippen molar-refractivity contribution in [3.8, 4) is 11.6 Å². The molecule has 1 aromatic carbocycles. The number of H-pyrrole nitrogens is 1. The molecule has 1 aromatic heterocycles. The van der Waals surface area contributed by atoms with Crippen LogP contribution in [0.15, 0.2) is 33.9 Å². The molecule has 88 valence electrons. The van der Waals surface area contributed by atoms with E-state index >= 15 is 0 Å². The van der Waals surface area contributed by atoms with Gasteiger partial charge in [-0.2, -0.15) is 0 Å². The molecule has 0 aliphatic heterocycles. The third-order valence-electron chi connectivity index (χ3n) is 2.07. The lowest BCUT2D eigenvalue weighted by atomic mass is 10.3. The standard InChI is InChI=1S/C10H6Cl2N2O3/c11-5-1-2-7(6(12)3-5)14-9(16)4-8(15)13-10(14)17/h1-4,16H,(H,13,15,17). The highest BCUT2D eigenvalue weighted by Crippen LogP contribution is 2.25. The molecule has 0 unspecified atom stereocenters. The van der Waals surface area contributed by atoms with Crippen LogP contribution in [0.4, 0.5) is 0 Å². The van der Waals surface area contributed by atoms with Crippen molar-refractivity contribution in [2.45, 2.75) is 0 Å². The molecule has 0 amide bonds. The highest BCUT2D eigenvalue weighted by Gasteiger charge is 2.10. The lowest BCUT2D eigenvalue weighted by Crippen LogP contribution is -2.28. The summed E-state index contributed by atoms with van der Waals surface area (Å²) < 4.78 is 0.875. The van der Waals surface area contributed by atoms with E-state index in [2.05, 4.69) is 0 Å². The number of hydrogen-bond donors (Lipinski definition) is 2. The number of nitrogens with zero attached hydrogens (tertiary/aromatic N) is 1. The van der Waals surface area contributed by atoms with Gasteiger partial charge in [-0.15, -0.1) is 0 Å². The predicted octanol–water partition coefficient (Wildman–Crippen LogP) is 1.54. The smallest absolute Gasteiger partial charge is 0.335 e. The normalized spacial score (nSPS) is 10.5. The third-order valence-corrected chi connectivity index (χ3v) is 2.61. The van der Waals surface area contributed by atoms with E-state index in [1.807, 2.05) is 4.98 Å². The number of aromatic nitrogens is 2. The molecule has 0 fully saturated rings. The monoisotopic (exact) mass is 272 g/mol. The summed E-state index contributed by atoms with van der Waals surface area (Å²) in [6.07, 6.45) is 0. The SMILES string of the molecule is O=c1cc(O)n(-c2ccc(Cl)cc2Cl)c(=O)[nH]1. The number of rotatable bonds is 1. The molecule has 5 nitrogen and oxygen atoms in total. The maximum atomic E-state index is 11.6. The summed E-state index contributed by atoms with van der Waals surface area (Å²) in [5.74, 6) is -0.497. The van der Waals surface area contributed by atoms with Crippen molar-refractivity contribution in [3.05, 3.63) is 55.1 Å². The summed E-state index contributed by atoms with van der Waals surface area (Å²) in [7, 11) is 0. The zero-order chi connectivity index (χ0) is 12.6. The zero-order valence-corrected chi connectivity index (χ0v) is 9.79. The molecule has 2 N–H and O–H groups in total. The third kappa shape index (κ3) is 2.20. The maximum Gasteiger partial charge on any atom is 0.335 e. The fraction of sp³-hybridized carbons (Fsp3) is 0. The Balaban J connectivity index is 2.77. The van der Waals surface area contributed by atoms with Crippen molar-refractivity contribution in [2.24, 2.45) is 0 Å².